The summed E-state index contributed by atoms with van der Waals surface area (Å²) in [5.74, 6) is -0.721. The van der Waals surface area contributed by atoms with Gasteiger partial charge in [-0.1, -0.05) is 24.3 Å². The SMILES string of the molecule is O=C(NNC(=O)c1cc2c(s1)CCC2)c1ccc2ccccc2n1. The third-order valence-electron chi connectivity index (χ3n) is 4.09. The predicted octanol–water partition coefficient (Wildman–Crippen LogP) is 2.86. The van der Waals surface area contributed by atoms with Crippen molar-refractivity contribution >= 4 is 34.1 Å². The van der Waals surface area contributed by atoms with Gasteiger partial charge < -0.3 is 0 Å². The van der Waals surface area contributed by atoms with E-state index in [1.54, 1.807) is 6.07 Å². The average Bonchev–Trinajstić information content (AvgIpc) is 3.21. The number of carbonyl (C=O) groups is 2. The van der Waals surface area contributed by atoms with E-state index in [1.165, 1.54) is 21.8 Å². The number of nitrogens with zero attached hydrogens (tertiary/aromatic N) is 1. The molecular weight excluding hydrogens is 322 g/mol. The highest BCUT2D eigenvalue weighted by Crippen LogP contribution is 2.30. The number of aromatic nitrogens is 1. The van der Waals surface area contributed by atoms with Gasteiger partial charge in [-0.25, -0.2) is 4.98 Å². The lowest BCUT2D eigenvalue weighted by Crippen LogP contribution is -2.41. The van der Waals surface area contributed by atoms with E-state index in [-0.39, 0.29) is 11.6 Å². The van der Waals surface area contributed by atoms with Crippen molar-refractivity contribution in [2.75, 3.05) is 0 Å². The number of nitrogens with one attached hydrogen (secondary N) is 2. The van der Waals surface area contributed by atoms with Gasteiger partial charge in [0.15, 0.2) is 0 Å². The molecule has 0 aliphatic heterocycles. The number of carbonyl (C=O) groups excluding carboxylic acids is 2. The number of fused-ring (bicyclic) bond motifs is 2. The number of thiophene rings is 1. The van der Waals surface area contributed by atoms with E-state index in [0.29, 0.717) is 4.88 Å². The monoisotopic (exact) mass is 337 g/mol. The Morgan fingerprint density at radius 3 is 2.71 bits per heavy atom. The molecule has 3 aromatic rings. The van der Waals surface area contributed by atoms with Gasteiger partial charge in [0.2, 0.25) is 0 Å². The Kier molecular flexibility index (Phi) is 3.74. The number of para-hydroxylation sites is 1. The lowest BCUT2D eigenvalue weighted by molar-refractivity contribution is 0.0846. The third-order valence-corrected chi connectivity index (χ3v) is 5.33. The minimum Gasteiger partial charge on any atom is -0.266 e. The van der Waals surface area contributed by atoms with Crippen molar-refractivity contribution in [2.45, 2.75) is 19.3 Å². The molecule has 0 atom stereocenters. The molecule has 4 rings (SSSR count). The van der Waals surface area contributed by atoms with Crippen molar-refractivity contribution in [2.24, 2.45) is 0 Å². The van der Waals surface area contributed by atoms with Crippen molar-refractivity contribution in [3.8, 4) is 0 Å². The summed E-state index contributed by atoms with van der Waals surface area (Å²) in [4.78, 5) is 30.6. The summed E-state index contributed by atoms with van der Waals surface area (Å²) in [5, 5.41) is 0.964. The maximum atomic E-state index is 12.2. The number of hydrazine groups is 1. The van der Waals surface area contributed by atoms with Crippen LogP contribution in [0.15, 0.2) is 42.5 Å². The van der Waals surface area contributed by atoms with Gasteiger partial charge in [-0.05, 0) is 43.0 Å². The minimum atomic E-state index is -0.432. The zero-order valence-electron chi connectivity index (χ0n) is 12.8. The molecule has 24 heavy (non-hydrogen) atoms. The summed E-state index contributed by atoms with van der Waals surface area (Å²) >= 11 is 1.50. The topological polar surface area (TPSA) is 71.1 Å². The standard InChI is InChI=1S/C18H15N3O2S/c22-17(14-9-8-11-4-1-2-6-13(11)19-14)20-21-18(23)16-10-12-5-3-7-15(12)24-16/h1-2,4,6,8-10H,3,5,7H2,(H,20,22)(H,21,23). The second-order valence-electron chi connectivity index (χ2n) is 5.71. The number of hydrogen-bond acceptors (Lipinski definition) is 4. The molecule has 2 aromatic heterocycles. The lowest BCUT2D eigenvalue weighted by atomic mass is 10.2. The van der Waals surface area contributed by atoms with Crippen LogP contribution in [0.3, 0.4) is 0 Å². The van der Waals surface area contributed by atoms with Crippen LogP contribution >= 0.6 is 11.3 Å². The van der Waals surface area contributed by atoms with Gasteiger partial charge in [-0.2, -0.15) is 0 Å². The summed E-state index contributed by atoms with van der Waals surface area (Å²) in [6.45, 7) is 0. The molecule has 2 heterocycles. The summed E-state index contributed by atoms with van der Waals surface area (Å²) in [6.07, 6.45) is 3.24. The summed E-state index contributed by atoms with van der Waals surface area (Å²) in [5.41, 5.74) is 7.16. The van der Waals surface area contributed by atoms with E-state index in [9.17, 15) is 9.59 Å². The summed E-state index contributed by atoms with van der Waals surface area (Å²) < 4.78 is 0. The largest absolute Gasteiger partial charge is 0.288 e. The normalized spacial score (nSPS) is 12.8. The number of pyridine rings is 1. The molecule has 0 fully saturated rings. The van der Waals surface area contributed by atoms with Crippen molar-refractivity contribution < 1.29 is 9.59 Å². The quantitative estimate of drug-likeness (QED) is 0.706. The van der Waals surface area contributed by atoms with Crippen LogP contribution in [0.25, 0.3) is 10.9 Å². The average molecular weight is 337 g/mol. The molecule has 0 spiro atoms. The van der Waals surface area contributed by atoms with Crippen LogP contribution < -0.4 is 10.9 Å². The molecule has 0 saturated heterocycles. The van der Waals surface area contributed by atoms with Crippen LogP contribution in [0.4, 0.5) is 0 Å². The Labute approximate surface area is 142 Å². The van der Waals surface area contributed by atoms with Crippen LogP contribution in [0.5, 0.6) is 0 Å². The zero-order valence-corrected chi connectivity index (χ0v) is 13.7. The number of hydrogen-bond donors (Lipinski definition) is 2. The van der Waals surface area contributed by atoms with Crippen molar-refractivity contribution in [3.63, 3.8) is 0 Å². The Bertz CT molecular complexity index is 927. The van der Waals surface area contributed by atoms with Crippen LogP contribution in [0.1, 0.15) is 37.0 Å². The Balaban J connectivity index is 1.44. The molecule has 2 N–H and O–H groups in total. The van der Waals surface area contributed by atoms with E-state index in [4.69, 9.17) is 0 Å². The first-order chi connectivity index (χ1) is 11.7. The highest BCUT2D eigenvalue weighted by Gasteiger charge is 2.19. The van der Waals surface area contributed by atoms with Gasteiger partial charge >= 0.3 is 0 Å². The molecule has 1 aliphatic rings. The first kappa shape index (κ1) is 14.8. The second kappa shape index (κ2) is 6.05. The molecule has 5 nitrogen and oxygen atoms in total. The van der Waals surface area contributed by atoms with E-state index in [2.05, 4.69) is 15.8 Å². The van der Waals surface area contributed by atoms with E-state index in [1.807, 2.05) is 36.4 Å². The van der Waals surface area contributed by atoms with Gasteiger partial charge in [-0.15, -0.1) is 11.3 Å². The maximum Gasteiger partial charge on any atom is 0.288 e. The fraction of sp³-hybridized carbons (Fsp3) is 0.167. The highest BCUT2D eigenvalue weighted by molar-refractivity contribution is 7.14. The van der Waals surface area contributed by atoms with Crippen LogP contribution in [0, 0.1) is 0 Å². The van der Waals surface area contributed by atoms with E-state index < -0.39 is 5.91 Å². The molecule has 2 amide bonds. The van der Waals surface area contributed by atoms with E-state index >= 15 is 0 Å². The second-order valence-corrected chi connectivity index (χ2v) is 6.85. The smallest absolute Gasteiger partial charge is 0.266 e. The molecule has 1 aromatic carbocycles. The van der Waals surface area contributed by atoms with Gasteiger partial charge in [0, 0.05) is 10.3 Å². The van der Waals surface area contributed by atoms with Crippen LogP contribution in [-0.4, -0.2) is 16.8 Å². The third kappa shape index (κ3) is 2.76. The minimum absolute atomic E-state index is 0.266. The van der Waals surface area contributed by atoms with Crippen LogP contribution in [-0.2, 0) is 12.8 Å². The fourth-order valence-corrected chi connectivity index (χ4v) is 4.02. The zero-order chi connectivity index (χ0) is 16.5. The Morgan fingerprint density at radius 2 is 1.83 bits per heavy atom. The van der Waals surface area contributed by atoms with Gasteiger partial charge in [0.25, 0.3) is 11.8 Å². The number of benzene rings is 1. The molecule has 0 radical (unpaired) electrons. The van der Waals surface area contributed by atoms with Gasteiger partial charge in [0.05, 0.1) is 10.4 Å². The molecule has 120 valence electrons. The van der Waals surface area contributed by atoms with Crippen LogP contribution in [0.2, 0.25) is 0 Å². The highest BCUT2D eigenvalue weighted by atomic mass is 32.1. The molecule has 0 bridgehead atoms. The number of rotatable bonds is 2. The molecule has 0 unspecified atom stereocenters. The van der Waals surface area contributed by atoms with Crippen molar-refractivity contribution in [1.82, 2.24) is 15.8 Å². The predicted molar refractivity (Wildman–Crippen MR) is 93.0 cm³/mol. The summed E-state index contributed by atoms with van der Waals surface area (Å²) in [7, 11) is 0. The molecule has 6 heteroatoms. The molecular formula is C18H15N3O2S. The summed E-state index contributed by atoms with van der Waals surface area (Å²) in [6, 6.07) is 13.0. The first-order valence-corrected chi connectivity index (χ1v) is 8.60. The first-order valence-electron chi connectivity index (χ1n) is 7.79. The number of aryl methyl sites for hydroxylation is 2. The molecule has 1 aliphatic carbocycles. The number of amides is 2. The van der Waals surface area contributed by atoms with Crippen molar-refractivity contribution in [3.05, 3.63) is 63.5 Å². The van der Waals surface area contributed by atoms with Gasteiger partial charge in [0.1, 0.15) is 5.69 Å². The fourth-order valence-electron chi connectivity index (χ4n) is 2.87. The Hall–Kier alpha value is -2.73. The van der Waals surface area contributed by atoms with E-state index in [0.717, 1.165) is 30.2 Å². The Morgan fingerprint density at radius 1 is 1.00 bits per heavy atom. The maximum absolute atomic E-state index is 12.2. The molecule has 0 saturated carbocycles. The lowest BCUT2D eigenvalue weighted by Gasteiger charge is -2.06. The van der Waals surface area contributed by atoms with Crippen molar-refractivity contribution in [1.29, 1.82) is 0 Å². The van der Waals surface area contributed by atoms with Gasteiger partial charge in [-0.3, -0.25) is 20.4 Å².